The molecular formula is C19H22N4O3S. The highest BCUT2D eigenvalue weighted by atomic mass is 32.1. The minimum absolute atomic E-state index is 0.266. The van der Waals surface area contributed by atoms with Gasteiger partial charge in [0.1, 0.15) is 11.9 Å². The number of carboxylic acid groups (broad SMARTS) is 1. The summed E-state index contributed by atoms with van der Waals surface area (Å²) in [5.41, 5.74) is 3.31. The number of nitrogens with one attached hydrogen (secondary N) is 2. The Morgan fingerprint density at radius 3 is 2.63 bits per heavy atom. The summed E-state index contributed by atoms with van der Waals surface area (Å²) in [7, 11) is 0. The van der Waals surface area contributed by atoms with E-state index >= 15 is 0 Å². The van der Waals surface area contributed by atoms with Crippen molar-refractivity contribution in [2.45, 2.75) is 19.4 Å². The summed E-state index contributed by atoms with van der Waals surface area (Å²) in [5, 5.41) is 26.6. The average molecular weight is 386 g/mol. The Labute approximate surface area is 161 Å². The molecule has 27 heavy (non-hydrogen) atoms. The van der Waals surface area contributed by atoms with Crippen molar-refractivity contribution in [3.63, 3.8) is 0 Å². The lowest BCUT2D eigenvalue weighted by Gasteiger charge is -2.40. The van der Waals surface area contributed by atoms with E-state index in [-0.39, 0.29) is 6.54 Å². The van der Waals surface area contributed by atoms with Crippen molar-refractivity contribution in [2.24, 2.45) is 0 Å². The monoisotopic (exact) mass is 386 g/mol. The van der Waals surface area contributed by atoms with Crippen LogP contribution < -0.4 is 10.7 Å². The number of fused-ring (bicyclic) bond motifs is 1. The number of hydroxylamine groups is 2. The predicted molar refractivity (Wildman–Crippen MR) is 107 cm³/mol. The van der Waals surface area contributed by atoms with Gasteiger partial charge in [-0.15, -0.1) is 0 Å². The van der Waals surface area contributed by atoms with Gasteiger partial charge in [0, 0.05) is 24.0 Å². The van der Waals surface area contributed by atoms with E-state index in [2.05, 4.69) is 15.1 Å². The van der Waals surface area contributed by atoms with Crippen molar-refractivity contribution in [3.8, 4) is 0 Å². The number of quaternary nitrogens is 1. The van der Waals surface area contributed by atoms with Crippen LogP contribution >= 0.6 is 11.5 Å². The zero-order valence-electron chi connectivity index (χ0n) is 15.0. The number of nitrogens with zero attached hydrogens (tertiary/aromatic N) is 2. The lowest BCUT2D eigenvalue weighted by atomic mass is 10.1. The Morgan fingerprint density at radius 1 is 1.19 bits per heavy atom. The molecule has 7 nitrogen and oxygen atoms in total. The number of hydrogen-bond acceptors (Lipinski definition) is 6. The molecule has 0 aliphatic carbocycles. The van der Waals surface area contributed by atoms with Crippen LogP contribution in [0.1, 0.15) is 24.9 Å². The first-order valence-corrected chi connectivity index (χ1v) is 9.51. The number of hydrogen-bond donors (Lipinski definition) is 3. The summed E-state index contributed by atoms with van der Waals surface area (Å²) in [6.45, 7) is 2.46. The van der Waals surface area contributed by atoms with Gasteiger partial charge in [0.2, 0.25) is 0 Å². The smallest absolute Gasteiger partial charge is 0.534 e. The van der Waals surface area contributed by atoms with Gasteiger partial charge in [0.15, 0.2) is 0 Å². The predicted octanol–water partition coefficient (Wildman–Crippen LogP) is 4.36. The SMILES string of the molecule is CC(c1ccccc1)[N+]([O-])(NCCCNc1nsc2ccccc12)C(=O)O. The molecule has 3 rings (SSSR count). The lowest BCUT2D eigenvalue weighted by Crippen LogP contribution is -2.58. The van der Waals surface area contributed by atoms with Crippen molar-refractivity contribution >= 4 is 33.5 Å². The summed E-state index contributed by atoms with van der Waals surface area (Å²) in [6, 6.07) is 16.1. The first kappa shape index (κ1) is 19.2. The van der Waals surface area contributed by atoms with E-state index in [1.54, 1.807) is 31.2 Å². The van der Waals surface area contributed by atoms with Crippen LogP contribution in [0.2, 0.25) is 0 Å². The molecule has 0 aliphatic rings. The molecule has 142 valence electrons. The van der Waals surface area contributed by atoms with Crippen LogP contribution in [-0.4, -0.2) is 33.4 Å². The van der Waals surface area contributed by atoms with Crippen LogP contribution in [0, 0.1) is 5.21 Å². The number of rotatable bonds is 8. The highest BCUT2D eigenvalue weighted by Crippen LogP contribution is 2.27. The molecule has 0 saturated heterocycles. The molecular weight excluding hydrogens is 364 g/mol. The Hall–Kier alpha value is -2.52. The third kappa shape index (κ3) is 4.25. The van der Waals surface area contributed by atoms with E-state index < -0.39 is 16.9 Å². The third-order valence-electron chi connectivity index (χ3n) is 4.48. The maximum Gasteiger partial charge on any atom is 0.534 e. The second kappa shape index (κ2) is 8.45. The van der Waals surface area contributed by atoms with E-state index in [4.69, 9.17) is 0 Å². The molecule has 0 bridgehead atoms. The highest BCUT2D eigenvalue weighted by Gasteiger charge is 2.35. The van der Waals surface area contributed by atoms with Gasteiger partial charge in [0.05, 0.1) is 4.70 Å². The van der Waals surface area contributed by atoms with Gasteiger partial charge in [-0.3, -0.25) is 0 Å². The topological polar surface area (TPSA) is 97.3 Å². The fraction of sp³-hybridized carbons (Fsp3) is 0.263. The first-order valence-electron chi connectivity index (χ1n) is 8.74. The van der Waals surface area contributed by atoms with Gasteiger partial charge in [-0.25, -0.2) is 0 Å². The summed E-state index contributed by atoms with van der Waals surface area (Å²) in [5.74, 6) is 0.814. The summed E-state index contributed by atoms with van der Waals surface area (Å²) >= 11 is 1.43. The van der Waals surface area contributed by atoms with Gasteiger partial charge >= 0.3 is 6.09 Å². The number of anilines is 1. The number of amides is 1. The molecule has 3 N–H and O–H groups in total. The fourth-order valence-electron chi connectivity index (χ4n) is 2.87. The van der Waals surface area contributed by atoms with Crippen molar-refractivity contribution in [2.75, 3.05) is 18.4 Å². The second-order valence-corrected chi connectivity index (χ2v) is 7.05. The van der Waals surface area contributed by atoms with Crippen LogP contribution in [0.25, 0.3) is 10.1 Å². The third-order valence-corrected chi connectivity index (χ3v) is 5.31. The van der Waals surface area contributed by atoms with Crippen LogP contribution in [-0.2, 0) is 0 Å². The Morgan fingerprint density at radius 2 is 1.89 bits per heavy atom. The maximum absolute atomic E-state index is 12.9. The van der Waals surface area contributed by atoms with E-state index in [1.165, 1.54) is 11.5 Å². The minimum atomic E-state index is -1.51. The number of carbonyl (C=O) groups is 1. The van der Waals surface area contributed by atoms with Gasteiger partial charge in [-0.1, -0.05) is 42.5 Å². The van der Waals surface area contributed by atoms with Crippen molar-refractivity contribution in [1.29, 1.82) is 0 Å². The standard InChI is InChI=1S/C19H22N4O3S/c1-14(15-8-3-2-4-9-15)23(26,19(24)25)21-13-7-12-20-18-16-10-5-6-11-17(16)27-22-18/h2-6,8-11,14,21H,7,12-13H2,1H3,(H,20,22)(H,24,25). The molecule has 2 atom stereocenters. The average Bonchev–Trinajstić information content (AvgIpc) is 3.10. The van der Waals surface area contributed by atoms with Gasteiger partial charge in [0.25, 0.3) is 0 Å². The Kier molecular flexibility index (Phi) is 6.02. The van der Waals surface area contributed by atoms with E-state index in [1.807, 2.05) is 30.3 Å². The quantitative estimate of drug-likeness (QED) is 0.302. The van der Waals surface area contributed by atoms with E-state index in [0.29, 0.717) is 18.5 Å². The molecule has 2 unspecified atom stereocenters. The molecule has 1 aromatic heterocycles. The van der Waals surface area contributed by atoms with Crippen molar-refractivity contribution in [3.05, 3.63) is 65.4 Å². The molecule has 1 amide bonds. The number of aromatic nitrogens is 1. The minimum Gasteiger partial charge on any atom is -0.601 e. The molecule has 3 aromatic rings. The van der Waals surface area contributed by atoms with Crippen LogP contribution in [0.4, 0.5) is 10.6 Å². The van der Waals surface area contributed by atoms with Crippen molar-refractivity contribution < 1.29 is 14.7 Å². The first-order chi connectivity index (χ1) is 13.0. The summed E-state index contributed by atoms with van der Waals surface area (Å²) < 4.78 is 3.99. The maximum atomic E-state index is 12.9. The molecule has 8 heteroatoms. The molecule has 1 heterocycles. The molecule has 2 aromatic carbocycles. The van der Waals surface area contributed by atoms with E-state index in [9.17, 15) is 15.1 Å². The lowest BCUT2D eigenvalue weighted by molar-refractivity contribution is -0.883. The normalized spacial score (nSPS) is 14.6. The largest absolute Gasteiger partial charge is 0.601 e. The fourth-order valence-corrected chi connectivity index (χ4v) is 3.62. The number of benzene rings is 2. The summed E-state index contributed by atoms with van der Waals surface area (Å²) in [4.78, 5) is 11.6. The van der Waals surface area contributed by atoms with Crippen LogP contribution in [0.5, 0.6) is 0 Å². The highest BCUT2D eigenvalue weighted by molar-refractivity contribution is 7.13. The Balaban J connectivity index is 1.55. The summed E-state index contributed by atoms with van der Waals surface area (Å²) in [6.07, 6.45) is -0.868. The molecule has 0 aliphatic heterocycles. The van der Waals surface area contributed by atoms with Gasteiger partial charge < -0.3 is 15.6 Å². The van der Waals surface area contributed by atoms with Crippen LogP contribution in [0.3, 0.4) is 0 Å². The zero-order chi connectivity index (χ0) is 19.3. The second-order valence-electron chi connectivity index (χ2n) is 6.24. The molecule has 0 saturated carbocycles. The molecule has 0 spiro atoms. The molecule has 0 radical (unpaired) electrons. The molecule has 0 fully saturated rings. The van der Waals surface area contributed by atoms with Gasteiger partial charge in [-0.05, 0) is 37.0 Å². The zero-order valence-corrected chi connectivity index (χ0v) is 15.8. The van der Waals surface area contributed by atoms with Crippen molar-refractivity contribution in [1.82, 2.24) is 9.80 Å². The van der Waals surface area contributed by atoms with E-state index in [0.717, 1.165) is 15.9 Å². The van der Waals surface area contributed by atoms with Gasteiger partial charge in [-0.2, -0.15) is 19.3 Å². The van der Waals surface area contributed by atoms with Crippen LogP contribution in [0.15, 0.2) is 54.6 Å². The Bertz CT molecular complexity index is 902.